The van der Waals surface area contributed by atoms with Crippen molar-refractivity contribution >= 4 is 34.3 Å². The van der Waals surface area contributed by atoms with Crippen LogP contribution in [0.4, 0.5) is 0 Å². The van der Waals surface area contributed by atoms with Crippen molar-refractivity contribution in [2.75, 3.05) is 7.11 Å². The van der Waals surface area contributed by atoms with Gasteiger partial charge in [-0.05, 0) is 42.2 Å². The van der Waals surface area contributed by atoms with Crippen molar-refractivity contribution in [3.05, 3.63) is 58.5 Å². The first kappa shape index (κ1) is 21.0. The van der Waals surface area contributed by atoms with E-state index in [2.05, 4.69) is 23.9 Å². The lowest BCUT2D eigenvalue weighted by Crippen LogP contribution is -2.10. The summed E-state index contributed by atoms with van der Waals surface area (Å²) < 4.78 is 6.67. The number of fused-ring (bicyclic) bond motifs is 1. The standard InChI is InChI=1S/C22H24ClN3O3/c1-14(2)13-26-21-16(8-18(23)9-17(21)12-25-26)11-20(27)5-4-19-10-15(6-7-24-19)22(28)29-3/h6-10,12,14H,4-5,11,13H2,1-3H3. The van der Waals surface area contributed by atoms with Gasteiger partial charge in [-0.15, -0.1) is 0 Å². The Kier molecular flexibility index (Phi) is 6.64. The van der Waals surface area contributed by atoms with Gasteiger partial charge in [0.1, 0.15) is 5.78 Å². The lowest BCUT2D eigenvalue weighted by Gasteiger charge is -2.11. The van der Waals surface area contributed by atoms with Crippen LogP contribution < -0.4 is 0 Å². The van der Waals surface area contributed by atoms with Crippen LogP contribution in [0.3, 0.4) is 0 Å². The highest BCUT2D eigenvalue weighted by atomic mass is 35.5. The molecule has 6 nitrogen and oxygen atoms in total. The van der Waals surface area contributed by atoms with Gasteiger partial charge < -0.3 is 4.74 Å². The zero-order valence-corrected chi connectivity index (χ0v) is 17.6. The number of hydrogen-bond acceptors (Lipinski definition) is 5. The van der Waals surface area contributed by atoms with Crippen LogP contribution in [0, 0.1) is 5.92 Å². The SMILES string of the molecule is COC(=O)c1ccnc(CCC(=O)Cc2cc(Cl)cc3cnn(CC(C)C)c23)c1. The van der Waals surface area contributed by atoms with E-state index in [0.29, 0.717) is 35.0 Å². The maximum Gasteiger partial charge on any atom is 0.337 e. The lowest BCUT2D eigenvalue weighted by molar-refractivity contribution is -0.118. The summed E-state index contributed by atoms with van der Waals surface area (Å²) in [5, 5.41) is 6.00. The number of esters is 1. The van der Waals surface area contributed by atoms with E-state index < -0.39 is 5.97 Å². The minimum atomic E-state index is -0.417. The molecule has 0 spiro atoms. The predicted octanol–water partition coefficient (Wildman–Crippen LogP) is 4.27. The second-order valence-corrected chi connectivity index (χ2v) is 7.90. The largest absolute Gasteiger partial charge is 0.465 e. The number of halogens is 1. The fourth-order valence-corrected chi connectivity index (χ4v) is 3.58. The zero-order chi connectivity index (χ0) is 21.0. The monoisotopic (exact) mass is 413 g/mol. The maximum absolute atomic E-state index is 12.7. The van der Waals surface area contributed by atoms with Crippen LogP contribution in [-0.2, 0) is 28.9 Å². The number of ketones is 1. The molecular weight excluding hydrogens is 390 g/mol. The van der Waals surface area contributed by atoms with Gasteiger partial charge in [0.2, 0.25) is 0 Å². The minimum absolute atomic E-state index is 0.0798. The summed E-state index contributed by atoms with van der Waals surface area (Å²) in [6.45, 7) is 5.03. The molecule has 0 N–H and O–H groups in total. The summed E-state index contributed by atoms with van der Waals surface area (Å²) in [5.74, 6) is 0.0985. The summed E-state index contributed by atoms with van der Waals surface area (Å²) >= 11 is 6.25. The zero-order valence-electron chi connectivity index (χ0n) is 16.8. The second kappa shape index (κ2) is 9.18. The number of Topliss-reactive ketones (excluding diaryl/α,β-unsaturated/α-hetero) is 1. The number of nitrogens with zero attached hydrogens (tertiary/aromatic N) is 3. The molecule has 0 radical (unpaired) electrons. The normalized spacial score (nSPS) is 11.2. The highest BCUT2D eigenvalue weighted by Crippen LogP contribution is 2.25. The van der Waals surface area contributed by atoms with Crippen LogP contribution in [0.1, 0.15) is 41.9 Å². The maximum atomic E-state index is 12.7. The summed E-state index contributed by atoms with van der Waals surface area (Å²) in [4.78, 5) is 28.6. The number of pyridine rings is 1. The van der Waals surface area contributed by atoms with Gasteiger partial charge in [0, 0.05) is 41.7 Å². The van der Waals surface area contributed by atoms with Gasteiger partial charge in [0.05, 0.1) is 24.4 Å². The molecule has 0 atom stereocenters. The van der Waals surface area contributed by atoms with E-state index in [1.165, 1.54) is 7.11 Å². The number of benzene rings is 1. The lowest BCUT2D eigenvalue weighted by atomic mass is 10.0. The molecule has 0 unspecified atom stereocenters. The highest BCUT2D eigenvalue weighted by molar-refractivity contribution is 6.31. The fraction of sp³-hybridized carbons (Fsp3) is 0.364. The molecule has 0 aliphatic rings. The van der Waals surface area contributed by atoms with E-state index in [1.807, 2.05) is 16.8 Å². The summed E-state index contributed by atoms with van der Waals surface area (Å²) in [6.07, 6.45) is 4.40. The van der Waals surface area contributed by atoms with Crippen molar-refractivity contribution in [1.82, 2.24) is 14.8 Å². The van der Waals surface area contributed by atoms with Gasteiger partial charge in [0.25, 0.3) is 0 Å². The number of aromatic nitrogens is 3. The quantitative estimate of drug-likeness (QED) is 0.515. The molecule has 0 amide bonds. The summed E-state index contributed by atoms with van der Waals surface area (Å²) in [7, 11) is 1.34. The van der Waals surface area contributed by atoms with Crippen LogP contribution in [0.25, 0.3) is 10.9 Å². The third kappa shape index (κ3) is 5.21. The molecule has 0 fully saturated rings. The van der Waals surface area contributed by atoms with Gasteiger partial charge in [-0.2, -0.15) is 5.10 Å². The summed E-state index contributed by atoms with van der Waals surface area (Å²) in [6, 6.07) is 6.97. The first-order valence-electron chi connectivity index (χ1n) is 9.56. The molecule has 0 bridgehead atoms. The predicted molar refractivity (Wildman–Crippen MR) is 112 cm³/mol. The van der Waals surface area contributed by atoms with E-state index in [4.69, 9.17) is 16.3 Å². The molecule has 0 saturated carbocycles. The average molecular weight is 414 g/mol. The van der Waals surface area contributed by atoms with Crippen molar-refractivity contribution < 1.29 is 14.3 Å². The second-order valence-electron chi connectivity index (χ2n) is 7.47. The Morgan fingerprint density at radius 3 is 2.76 bits per heavy atom. The molecule has 0 saturated heterocycles. The van der Waals surface area contributed by atoms with E-state index in [9.17, 15) is 9.59 Å². The van der Waals surface area contributed by atoms with Crippen molar-refractivity contribution in [1.29, 1.82) is 0 Å². The van der Waals surface area contributed by atoms with Gasteiger partial charge in [0.15, 0.2) is 0 Å². The Labute approximate surface area is 174 Å². The number of hydrogen-bond donors (Lipinski definition) is 0. The third-order valence-electron chi connectivity index (χ3n) is 4.60. The van der Waals surface area contributed by atoms with Crippen molar-refractivity contribution in [3.63, 3.8) is 0 Å². The Bertz CT molecular complexity index is 1040. The van der Waals surface area contributed by atoms with Crippen molar-refractivity contribution in [3.8, 4) is 0 Å². The Hall–Kier alpha value is -2.73. The van der Waals surface area contributed by atoms with Gasteiger partial charge in [-0.1, -0.05) is 25.4 Å². The molecule has 3 aromatic rings. The Balaban J connectivity index is 1.75. The highest BCUT2D eigenvalue weighted by Gasteiger charge is 2.15. The first-order chi connectivity index (χ1) is 13.9. The van der Waals surface area contributed by atoms with Crippen LogP contribution in [0.5, 0.6) is 0 Å². The number of aryl methyl sites for hydroxylation is 1. The third-order valence-corrected chi connectivity index (χ3v) is 4.82. The number of ether oxygens (including phenoxy) is 1. The molecule has 0 aliphatic heterocycles. The molecule has 2 heterocycles. The van der Waals surface area contributed by atoms with E-state index in [-0.39, 0.29) is 12.2 Å². The molecule has 0 aliphatic carbocycles. The minimum Gasteiger partial charge on any atom is -0.465 e. The van der Waals surface area contributed by atoms with Crippen molar-refractivity contribution in [2.24, 2.45) is 5.92 Å². The summed E-state index contributed by atoms with van der Waals surface area (Å²) in [5.41, 5.74) is 2.95. The van der Waals surface area contributed by atoms with Crippen molar-refractivity contribution in [2.45, 2.75) is 39.7 Å². The molecule has 7 heteroatoms. The molecule has 2 aromatic heterocycles. The number of rotatable bonds is 8. The van der Waals surface area contributed by atoms with E-state index in [0.717, 1.165) is 23.0 Å². The fourth-order valence-electron chi connectivity index (χ4n) is 3.33. The number of methoxy groups -OCH3 is 1. The van der Waals surface area contributed by atoms with Crippen LogP contribution in [0.15, 0.2) is 36.7 Å². The molecule has 152 valence electrons. The van der Waals surface area contributed by atoms with Crippen LogP contribution >= 0.6 is 11.6 Å². The molecule has 1 aromatic carbocycles. The van der Waals surface area contributed by atoms with Crippen LogP contribution in [0.2, 0.25) is 5.02 Å². The smallest absolute Gasteiger partial charge is 0.337 e. The topological polar surface area (TPSA) is 74.1 Å². The van der Waals surface area contributed by atoms with Crippen LogP contribution in [-0.4, -0.2) is 33.6 Å². The van der Waals surface area contributed by atoms with E-state index >= 15 is 0 Å². The number of carbonyl (C=O) groups excluding carboxylic acids is 2. The first-order valence-corrected chi connectivity index (χ1v) is 9.94. The average Bonchev–Trinajstić information content (AvgIpc) is 3.07. The number of carbonyl (C=O) groups is 2. The van der Waals surface area contributed by atoms with E-state index in [1.54, 1.807) is 24.5 Å². The Morgan fingerprint density at radius 1 is 1.24 bits per heavy atom. The van der Waals surface area contributed by atoms with Gasteiger partial charge >= 0.3 is 5.97 Å². The van der Waals surface area contributed by atoms with Gasteiger partial charge in [-0.25, -0.2) is 4.79 Å². The van der Waals surface area contributed by atoms with Gasteiger partial charge in [-0.3, -0.25) is 14.5 Å². The Morgan fingerprint density at radius 2 is 2.03 bits per heavy atom. The molecule has 3 rings (SSSR count). The molecule has 29 heavy (non-hydrogen) atoms. The molecular formula is C22H24ClN3O3.